The van der Waals surface area contributed by atoms with E-state index >= 15 is 0 Å². The van der Waals surface area contributed by atoms with E-state index in [0.29, 0.717) is 0 Å². The van der Waals surface area contributed by atoms with Gasteiger partial charge < -0.3 is 0 Å². The van der Waals surface area contributed by atoms with Crippen molar-refractivity contribution in [1.29, 1.82) is 0 Å². The first-order chi connectivity index (χ1) is 6.40. The van der Waals surface area contributed by atoms with Gasteiger partial charge in [-0.2, -0.15) is 0 Å². The summed E-state index contributed by atoms with van der Waals surface area (Å²) in [4.78, 5) is 2.54. The van der Waals surface area contributed by atoms with Crippen LogP contribution in [0.2, 0.25) is 0 Å². The van der Waals surface area contributed by atoms with Gasteiger partial charge in [-0.3, -0.25) is 4.90 Å². The van der Waals surface area contributed by atoms with Gasteiger partial charge in [0.2, 0.25) is 0 Å². The SMILES string of the molecule is Cl/C=C/CN1CC2CCCCC2C1. The van der Waals surface area contributed by atoms with Crippen LogP contribution in [0.15, 0.2) is 11.6 Å². The first-order valence-corrected chi connectivity index (χ1v) is 5.81. The van der Waals surface area contributed by atoms with Gasteiger partial charge in [-0.25, -0.2) is 0 Å². The largest absolute Gasteiger partial charge is 0.299 e. The third-order valence-electron chi connectivity index (χ3n) is 3.50. The quantitative estimate of drug-likeness (QED) is 0.661. The monoisotopic (exact) mass is 199 g/mol. The molecule has 2 heteroatoms. The third kappa shape index (κ3) is 2.26. The van der Waals surface area contributed by atoms with Crippen LogP contribution in [0.3, 0.4) is 0 Å². The zero-order chi connectivity index (χ0) is 9.10. The fraction of sp³-hybridized carbons (Fsp3) is 0.818. The van der Waals surface area contributed by atoms with E-state index < -0.39 is 0 Å². The maximum Gasteiger partial charge on any atom is 0.0175 e. The highest BCUT2D eigenvalue weighted by Crippen LogP contribution is 2.35. The van der Waals surface area contributed by atoms with Gasteiger partial charge >= 0.3 is 0 Å². The molecule has 0 bridgehead atoms. The van der Waals surface area contributed by atoms with Crippen LogP contribution in [0, 0.1) is 11.8 Å². The normalized spacial score (nSPS) is 35.5. The number of hydrogen-bond acceptors (Lipinski definition) is 1. The molecule has 2 atom stereocenters. The highest BCUT2D eigenvalue weighted by molar-refractivity contribution is 6.25. The molecule has 1 saturated carbocycles. The minimum absolute atomic E-state index is 0.998. The average molecular weight is 200 g/mol. The number of rotatable bonds is 2. The minimum Gasteiger partial charge on any atom is -0.299 e. The van der Waals surface area contributed by atoms with Gasteiger partial charge in [0, 0.05) is 25.2 Å². The van der Waals surface area contributed by atoms with Crippen LogP contribution in [0.5, 0.6) is 0 Å². The summed E-state index contributed by atoms with van der Waals surface area (Å²) in [5.74, 6) is 2.00. The van der Waals surface area contributed by atoms with E-state index in [1.54, 1.807) is 5.54 Å². The zero-order valence-electron chi connectivity index (χ0n) is 8.08. The zero-order valence-corrected chi connectivity index (χ0v) is 8.84. The molecular formula is C11H18ClN. The predicted molar refractivity (Wildman–Crippen MR) is 56.9 cm³/mol. The fourth-order valence-corrected chi connectivity index (χ4v) is 2.92. The highest BCUT2D eigenvalue weighted by atomic mass is 35.5. The minimum atomic E-state index is 0.998. The Bertz CT molecular complexity index is 177. The molecule has 2 fully saturated rings. The molecule has 1 nitrogen and oxygen atoms in total. The van der Waals surface area contributed by atoms with Crippen LogP contribution in [0.1, 0.15) is 25.7 Å². The van der Waals surface area contributed by atoms with Crippen LogP contribution >= 0.6 is 11.6 Å². The van der Waals surface area contributed by atoms with Crippen molar-refractivity contribution in [3.63, 3.8) is 0 Å². The lowest BCUT2D eigenvalue weighted by Gasteiger charge is -2.23. The second kappa shape index (κ2) is 4.47. The summed E-state index contributed by atoms with van der Waals surface area (Å²) in [7, 11) is 0. The van der Waals surface area contributed by atoms with Gasteiger partial charge in [0.05, 0.1) is 0 Å². The van der Waals surface area contributed by atoms with Crippen molar-refractivity contribution in [2.24, 2.45) is 11.8 Å². The van der Waals surface area contributed by atoms with Crippen molar-refractivity contribution in [2.45, 2.75) is 25.7 Å². The molecule has 0 aromatic rings. The average Bonchev–Trinajstić information content (AvgIpc) is 2.57. The Balaban J connectivity index is 1.84. The second-order valence-corrected chi connectivity index (χ2v) is 4.64. The lowest BCUT2D eigenvalue weighted by atomic mass is 9.82. The Morgan fingerprint density at radius 1 is 1.15 bits per heavy atom. The molecule has 0 aromatic carbocycles. The van der Waals surface area contributed by atoms with Crippen molar-refractivity contribution >= 4 is 11.6 Å². The molecule has 2 aliphatic rings. The maximum atomic E-state index is 5.53. The van der Waals surface area contributed by atoms with Crippen molar-refractivity contribution in [3.05, 3.63) is 11.6 Å². The Morgan fingerprint density at radius 2 is 1.77 bits per heavy atom. The molecule has 0 spiro atoms. The van der Waals surface area contributed by atoms with Gasteiger partial charge in [0.25, 0.3) is 0 Å². The van der Waals surface area contributed by atoms with Crippen LogP contribution in [0.4, 0.5) is 0 Å². The molecular weight excluding hydrogens is 182 g/mol. The van der Waals surface area contributed by atoms with E-state index in [1.165, 1.54) is 38.8 Å². The fourth-order valence-electron chi connectivity index (χ4n) is 2.84. The van der Waals surface area contributed by atoms with Crippen molar-refractivity contribution in [3.8, 4) is 0 Å². The molecule has 13 heavy (non-hydrogen) atoms. The number of fused-ring (bicyclic) bond motifs is 1. The summed E-state index contributed by atoms with van der Waals surface area (Å²) in [5.41, 5.74) is 1.64. The summed E-state index contributed by atoms with van der Waals surface area (Å²) < 4.78 is 0. The predicted octanol–water partition coefficient (Wildman–Crippen LogP) is 2.86. The van der Waals surface area contributed by atoms with E-state index in [0.717, 1.165) is 18.4 Å². The summed E-state index contributed by atoms with van der Waals surface area (Å²) in [6.07, 6.45) is 7.90. The van der Waals surface area contributed by atoms with E-state index in [2.05, 4.69) is 11.0 Å². The first-order valence-electron chi connectivity index (χ1n) is 5.37. The van der Waals surface area contributed by atoms with Crippen LogP contribution in [0.25, 0.3) is 0 Å². The Labute approximate surface area is 85.8 Å². The van der Waals surface area contributed by atoms with Crippen molar-refractivity contribution in [2.75, 3.05) is 19.6 Å². The molecule has 0 aromatic heterocycles. The first kappa shape index (κ1) is 9.54. The number of nitrogens with zero attached hydrogens (tertiary/aromatic N) is 1. The lowest BCUT2D eigenvalue weighted by Crippen LogP contribution is -2.20. The van der Waals surface area contributed by atoms with E-state index in [-0.39, 0.29) is 0 Å². The van der Waals surface area contributed by atoms with Crippen molar-refractivity contribution in [1.82, 2.24) is 4.90 Å². The molecule has 2 unspecified atom stereocenters. The van der Waals surface area contributed by atoms with E-state index in [1.807, 2.05) is 0 Å². The van der Waals surface area contributed by atoms with E-state index in [4.69, 9.17) is 11.6 Å². The van der Waals surface area contributed by atoms with Gasteiger partial charge in [0.1, 0.15) is 0 Å². The standard InChI is InChI=1S/C11H18ClN/c12-6-3-7-13-8-10-4-1-2-5-11(10)9-13/h3,6,10-11H,1-2,4-5,7-9H2/b6-3+. The summed E-state index contributed by atoms with van der Waals surface area (Å²) in [5, 5.41) is 0. The molecule has 1 saturated heterocycles. The highest BCUT2D eigenvalue weighted by Gasteiger charge is 2.33. The van der Waals surface area contributed by atoms with Crippen LogP contribution in [-0.2, 0) is 0 Å². The topological polar surface area (TPSA) is 3.24 Å². The Morgan fingerprint density at radius 3 is 2.31 bits per heavy atom. The number of halogens is 1. The molecule has 0 amide bonds. The molecule has 1 aliphatic carbocycles. The third-order valence-corrected chi connectivity index (χ3v) is 3.68. The lowest BCUT2D eigenvalue weighted by molar-refractivity contribution is 0.299. The number of likely N-dealkylation sites (tertiary alicyclic amines) is 1. The Hall–Kier alpha value is -0.0100. The van der Waals surface area contributed by atoms with Crippen LogP contribution in [-0.4, -0.2) is 24.5 Å². The van der Waals surface area contributed by atoms with Gasteiger partial charge in [0.15, 0.2) is 0 Å². The molecule has 74 valence electrons. The summed E-state index contributed by atoms with van der Waals surface area (Å²) in [6, 6.07) is 0. The van der Waals surface area contributed by atoms with Gasteiger partial charge in [-0.05, 0) is 24.7 Å². The summed E-state index contributed by atoms with van der Waals surface area (Å²) in [6.45, 7) is 3.67. The molecule has 1 aliphatic heterocycles. The molecule has 1 heterocycles. The molecule has 0 radical (unpaired) electrons. The number of hydrogen-bond donors (Lipinski definition) is 0. The van der Waals surface area contributed by atoms with Gasteiger partial charge in [-0.1, -0.05) is 30.5 Å². The van der Waals surface area contributed by atoms with Crippen LogP contribution < -0.4 is 0 Å². The summed E-state index contributed by atoms with van der Waals surface area (Å²) >= 11 is 5.53. The second-order valence-electron chi connectivity index (χ2n) is 4.38. The maximum absolute atomic E-state index is 5.53. The van der Waals surface area contributed by atoms with E-state index in [9.17, 15) is 0 Å². The Kier molecular flexibility index (Phi) is 3.28. The van der Waals surface area contributed by atoms with Crippen molar-refractivity contribution < 1.29 is 0 Å². The smallest absolute Gasteiger partial charge is 0.0175 e. The van der Waals surface area contributed by atoms with Gasteiger partial charge in [-0.15, -0.1) is 0 Å². The molecule has 2 rings (SSSR count). The molecule has 0 N–H and O–H groups in total.